The molecule has 0 saturated heterocycles. The van der Waals surface area contributed by atoms with Crippen LogP contribution in [0, 0.1) is 6.92 Å². The molecule has 3 nitrogen and oxygen atoms in total. The van der Waals surface area contributed by atoms with Crippen molar-refractivity contribution >= 4 is 0 Å². The molecule has 0 aromatic carbocycles. The van der Waals surface area contributed by atoms with Crippen LogP contribution in [0.3, 0.4) is 0 Å². The van der Waals surface area contributed by atoms with E-state index in [0.717, 1.165) is 18.8 Å². The molecule has 1 N–H and O–H groups in total. The van der Waals surface area contributed by atoms with Crippen LogP contribution in [0.4, 0.5) is 0 Å². The van der Waals surface area contributed by atoms with E-state index in [1.54, 1.807) is 6.26 Å². The van der Waals surface area contributed by atoms with E-state index in [2.05, 4.69) is 51.0 Å². The molecule has 0 saturated carbocycles. The molecule has 0 bridgehead atoms. The van der Waals surface area contributed by atoms with Crippen LogP contribution < -0.4 is 5.32 Å². The van der Waals surface area contributed by atoms with Gasteiger partial charge in [0, 0.05) is 23.7 Å². The van der Waals surface area contributed by atoms with Crippen molar-refractivity contribution in [3.8, 4) is 0 Å². The quantitative estimate of drug-likeness (QED) is 0.765. The van der Waals surface area contributed by atoms with Crippen molar-refractivity contribution in [1.82, 2.24) is 10.2 Å². The van der Waals surface area contributed by atoms with Gasteiger partial charge in [-0.05, 0) is 67.1 Å². The molecular formula is C16H30N2O. The second kappa shape index (κ2) is 7.11. The summed E-state index contributed by atoms with van der Waals surface area (Å²) in [5.41, 5.74) is 1.52. The Bertz CT molecular complexity index is 365. The molecule has 0 aliphatic rings. The highest BCUT2D eigenvalue weighted by atomic mass is 16.3. The number of hydrogen-bond acceptors (Lipinski definition) is 3. The van der Waals surface area contributed by atoms with E-state index in [1.807, 2.05) is 6.92 Å². The first kappa shape index (κ1) is 16.3. The lowest BCUT2D eigenvalue weighted by molar-refractivity contribution is 0.231. The van der Waals surface area contributed by atoms with Crippen LogP contribution in [0.15, 0.2) is 16.7 Å². The van der Waals surface area contributed by atoms with E-state index in [4.69, 9.17) is 4.42 Å². The van der Waals surface area contributed by atoms with Gasteiger partial charge < -0.3 is 9.73 Å². The largest absolute Gasteiger partial charge is 0.469 e. The Hall–Kier alpha value is -0.800. The van der Waals surface area contributed by atoms with Crippen molar-refractivity contribution in [2.45, 2.75) is 65.6 Å². The van der Waals surface area contributed by atoms with Crippen molar-refractivity contribution in [2.24, 2.45) is 0 Å². The standard InChI is InChI=1S/C16H30N2O/c1-13(8-7-10-17-16(3,4)5)18(6)12-15-9-11-19-14(15)2/h9,11,13,17H,7-8,10,12H2,1-6H3. The molecular weight excluding hydrogens is 236 g/mol. The van der Waals surface area contributed by atoms with Gasteiger partial charge in [0.05, 0.1) is 6.26 Å². The van der Waals surface area contributed by atoms with Crippen molar-refractivity contribution in [3.63, 3.8) is 0 Å². The lowest BCUT2D eigenvalue weighted by Gasteiger charge is -2.26. The second-order valence-electron chi connectivity index (χ2n) is 6.59. The Morgan fingerprint density at radius 2 is 2.05 bits per heavy atom. The highest BCUT2D eigenvalue weighted by Crippen LogP contribution is 2.14. The minimum Gasteiger partial charge on any atom is -0.469 e. The Balaban J connectivity index is 2.25. The maximum Gasteiger partial charge on any atom is 0.105 e. The van der Waals surface area contributed by atoms with Gasteiger partial charge in [0.1, 0.15) is 5.76 Å². The van der Waals surface area contributed by atoms with E-state index in [-0.39, 0.29) is 5.54 Å². The van der Waals surface area contributed by atoms with Gasteiger partial charge in [-0.1, -0.05) is 0 Å². The average molecular weight is 266 g/mol. The molecule has 110 valence electrons. The van der Waals surface area contributed by atoms with Crippen LogP contribution in [0.25, 0.3) is 0 Å². The zero-order chi connectivity index (χ0) is 14.5. The predicted octanol–water partition coefficient (Wildman–Crippen LogP) is 3.58. The molecule has 1 heterocycles. The van der Waals surface area contributed by atoms with Crippen molar-refractivity contribution < 1.29 is 4.42 Å². The van der Waals surface area contributed by atoms with Crippen LogP contribution in [0.2, 0.25) is 0 Å². The second-order valence-corrected chi connectivity index (χ2v) is 6.59. The summed E-state index contributed by atoms with van der Waals surface area (Å²) >= 11 is 0. The summed E-state index contributed by atoms with van der Waals surface area (Å²) < 4.78 is 5.34. The third-order valence-electron chi connectivity index (χ3n) is 3.59. The summed E-state index contributed by atoms with van der Waals surface area (Å²) in [6.07, 6.45) is 4.21. The average Bonchev–Trinajstić information content (AvgIpc) is 2.69. The molecule has 0 aliphatic carbocycles. The van der Waals surface area contributed by atoms with Crippen molar-refractivity contribution in [3.05, 3.63) is 23.7 Å². The zero-order valence-electron chi connectivity index (χ0n) is 13.4. The van der Waals surface area contributed by atoms with Gasteiger partial charge in [-0.3, -0.25) is 4.90 Å². The van der Waals surface area contributed by atoms with E-state index >= 15 is 0 Å². The maximum atomic E-state index is 5.34. The van der Waals surface area contributed by atoms with Gasteiger partial charge in [0.25, 0.3) is 0 Å². The normalized spacial score (nSPS) is 14.1. The molecule has 19 heavy (non-hydrogen) atoms. The topological polar surface area (TPSA) is 28.4 Å². The first-order valence-corrected chi connectivity index (χ1v) is 7.28. The molecule has 0 fully saturated rings. The molecule has 1 aromatic heterocycles. The lowest BCUT2D eigenvalue weighted by atomic mass is 10.1. The third-order valence-corrected chi connectivity index (χ3v) is 3.59. The van der Waals surface area contributed by atoms with Crippen LogP contribution in [0.1, 0.15) is 51.9 Å². The molecule has 0 amide bonds. The van der Waals surface area contributed by atoms with E-state index in [9.17, 15) is 0 Å². The summed E-state index contributed by atoms with van der Waals surface area (Å²) in [7, 11) is 2.19. The van der Waals surface area contributed by atoms with Crippen LogP contribution >= 0.6 is 0 Å². The Morgan fingerprint density at radius 1 is 1.37 bits per heavy atom. The fourth-order valence-electron chi connectivity index (χ4n) is 2.08. The van der Waals surface area contributed by atoms with Gasteiger partial charge in [0.15, 0.2) is 0 Å². The summed E-state index contributed by atoms with van der Waals surface area (Å²) in [5.74, 6) is 1.04. The van der Waals surface area contributed by atoms with Crippen molar-refractivity contribution in [1.29, 1.82) is 0 Å². The molecule has 1 unspecified atom stereocenters. The smallest absolute Gasteiger partial charge is 0.105 e. The molecule has 0 radical (unpaired) electrons. The van der Waals surface area contributed by atoms with E-state index in [1.165, 1.54) is 18.4 Å². The number of nitrogens with one attached hydrogen (secondary N) is 1. The third kappa shape index (κ3) is 6.26. The fourth-order valence-corrected chi connectivity index (χ4v) is 2.08. The van der Waals surface area contributed by atoms with Crippen molar-refractivity contribution in [2.75, 3.05) is 13.6 Å². The minimum atomic E-state index is 0.225. The number of nitrogens with zero attached hydrogens (tertiary/aromatic N) is 1. The summed E-state index contributed by atoms with van der Waals surface area (Å²) in [6, 6.07) is 2.66. The van der Waals surface area contributed by atoms with Gasteiger partial charge >= 0.3 is 0 Å². The molecule has 0 spiro atoms. The molecule has 1 atom stereocenters. The Kier molecular flexibility index (Phi) is 6.08. The SMILES string of the molecule is Cc1occc1CN(C)C(C)CCCNC(C)(C)C. The Morgan fingerprint density at radius 3 is 2.58 bits per heavy atom. The predicted molar refractivity (Wildman–Crippen MR) is 81.4 cm³/mol. The first-order valence-electron chi connectivity index (χ1n) is 7.28. The van der Waals surface area contributed by atoms with Gasteiger partial charge in [-0.25, -0.2) is 0 Å². The molecule has 3 heteroatoms. The van der Waals surface area contributed by atoms with E-state index in [0.29, 0.717) is 6.04 Å². The number of hydrogen-bond donors (Lipinski definition) is 1. The highest BCUT2D eigenvalue weighted by Gasteiger charge is 2.13. The van der Waals surface area contributed by atoms with Crippen LogP contribution in [0.5, 0.6) is 0 Å². The highest BCUT2D eigenvalue weighted by molar-refractivity contribution is 5.15. The lowest BCUT2D eigenvalue weighted by Crippen LogP contribution is -2.37. The minimum absolute atomic E-state index is 0.225. The fraction of sp³-hybridized carbons (Fsp3) is 0.750. The van der Waals surface area contributed by atoms with Gasteiger partial charge in [-0.15, -0.1) is 0 Å². The molecule has 0 aliphatic heterocycles. The maximum absolute atomic E-state index is 5.34. The number of furan rings is 1. The van der Waals surface area contributed by atoms with Gasteiger partial charge in [-0.2, -0.15) is 0 Å². The number of rotatable bonds is 7. The number of aryl methyl sites for hydroxylation is 1. The molecule has 1 aromatic rings. The van der Waals surface area contributed by atoms with Crippen LogP contribution in [-0.2, 0) is 6.54 Å². The Labute approximate surface area is 118 Å². The van der Waals surface area contributed by atoms with Gasteiger partial charge in [0.2, 0.25) is 0 Å². The summed E-state index contributed by atoms with van der Waals surface area (Å²) in [5, 5.41) is 3.54. The summed E-state index contributed by atoms with van der Waals surface area (Å²) in [4.78, 5) is 2.40. The first-order chi connectivity index (χ1) is 8.79. The van der Waals surface area contributed by atoms with Crippen LogP contribution in [-0.4, -0.2) is 30.1 Å². The van der Waals surface area contributed by atoms with E-state index < -0.39 is 0 Å². The zero-order valence-corrected chi connectivity index (χ0v) is 13.4. The monoisotopic (exact) mass is 266 g/mol. The molecule has 1 rings (SSSR count). The summed E-state index contributed by atoms with van der Waals surface area (Å²) in [6.45, 7) is 13.0.